The Balaban J connectivity index is 1.16. The fourth-order valence-corrected chi connectivity index (χ4v) is 10.1. The van der Waals surface area contributed by atoms with Gasteiger partial charge in [-0.1, -0.05) is 182 Å². The minimum absolute atomic E-state index is 0.511. The van der Waals surface area contributed by atoms with Crippen LogP contribution in [-0.2, 0) is 5.41 Å². The van der Waals surface area contributed by atoms with Crippen molar-refractivity contribution in [3.63, 3.8) is 0 Å². The maximum absolute atomic E-state index is 2.54. The van der Waals surface area contributed by atoms with Crippen LogP contribution in [0.4, 0.5) is 17.1 Å². The molecule has 10 aromatic rings. The number of hydrogen-bond donors (Lipinski definition) is 0. The van der Waals surface area contributed by atoms with Gasteiger partial charge in [-0.15, -0.1) is 0 Å². The van der Waals surface area contributed by atoms with Crippen LogP contribution in [0.1, 0.15) is 22.3 Å². The third kappa shape index (κ3) is 4.71. The number of anilines is 3. The van der Waals surface area contributed by atoms with Gasteiger partial charge in [0.1, 0.15) is 0 Å². The monoisotopic (exact) mass is 735 g/mol. The second kappa shape index (κ2) is 12.8. The van der Waals surface area contributed by atoms with E-state index in [1.807, 2.05) is 0 Å². The minimum atomic E-state index is -0.511. The molecule has 0 aliphatic heterocycles. The van der Waals surface area contributed by atoms with E-state index in [1.165, 1.54) is 94.0 Å². The molecule has 12 rings (SSSR count). The van der Waals surface area contributed by atoms with Crippen LogP contribution in [0.3, 0.4) is 0 Å². The van der Waals surface area contributed by atoms with Crippen molar-refractivity contribution in [3.8, 4) is 44.5 Å². The standard InChI is InChI=1S/C57H37N/c1-4-16-38(17-5-1)39-28-30-45(31-29-39)58(56-47-25-13-12-20-42(47)36-52-50-34-40-18-10-11-19-41(40)35-51(50)55(52)56)46-32-33-49-48-26-14-15-27-53(48)57(54(49)37-46,43-21-6-2-7-22-43)44-23-8-3-9-24-44/h1-37H. The normalized spacial score (nSPS) is 13.0. The van der Waals surface area contributed by atoms with Crippen molar-refractivity contribution in [1.29, 1.82) is 0 Å². The van der Waals surface area contributed by atoms with Crippen molar-refractivity contribution < 1.29 is 0 Å². The summed E-state index contributed by atoms with van der Waals surface area (Å²) < 4.78 is 0. The highest BCUT2D eigenvalue weighted by Crippen LogP contribution is 2.60. The molecule has 0 aromatic heterocycles. The molecule has 270 valence electrons. The Morgan fingerprint density at radius 3 is 1.53 bits per heavy atom. The summed E-state index contributed by atoms with van der Waals surface area (Å²) in [6, 6.07) is 83.1. The molecule has 0 heterocycles. The van der Waals surface area contributed by atoms with Crippen LogP contribution in [0.5, 0.6) is 0 Å². The Labute approximate surface area is 338 Å². The largest absolute Gasteiger partial charge is 0.309 e. The Kier molecular flexibility index (Phi) is 7.21. The lowest BCUT2D eigenvalue weighted by Crippen LogP contribution is -2.28. The van der Waals surface area contributed by atoms with Crippen molar-refractivity contribution in [2.24, 2.45) is 0 Å². The van der Waals surface area contributed by atoms with Gasteiger partial charge in [0.15, 0.2) is 0 Å². The zero-order valence-corrected chi connectivity index (χ0v) is 31.8. The number of hydrogen-bond acceptors (Lipinski definition) is 1. The van der Waals surface area contributed by atoms with Gasteiger partial charge < -0.3 is 4.90 Å². The molecule has 0 saturated heterocycles. The maximum Gasteiger partial charge on any atom is 0.0714 e. The Morgan fingerprint density at radius 2 is 0.828 bits per heavy atom. The molecule has 0 bridgehead atoms. The summed E-state index contributed by atoms with van der Waals surface area (Å²) in [5.74, 6) is 0. The Morgan fingerprint density at radius 1 is 0.310 bits per heavy atom. The fraction of sp³-hybridized carbons (Fsp3) is 0.0175. The van der Waals surface area contributed by atoms with E-state index < -0.39 is 5.41 Å². The van der Waals surface area contributed by atoms with E-state index in [0.717, 1.165) is 11.4 Å². The third-order valence-corrected chi connectivity index (χ3v) is 12.6. The molecule has 0 unspecified atom stereocenters. The fourth-order valence-electron chi connectivity index (χ4n) is 10.1. The molecule has 1 heteroatoms. The van der Waals surface area contributed by atoms with Gasteiger partial charge >= 0.3 is 0 Å². The highest BCUT2D eigenvalue weighted by atomic mass is 15.1. The first-order valence-corrected chi connectivity index (χ1v) is 20.2. The molecule has 1 nitrogen and oxygen atoms in total. The molecule has 2 aliphatic carbocycles. The Bertz CT molecular complexity index is 3160. The Hall–Kier alpha value is -7.48. The van der Waals surface area contributed by atoms with Crippen molar-refractivity contribution in [1.82, 2.24) is 0 Å². The molecule has 0 radical (unpaired) electrons. The van der Waals surface area contributed by atoms with Crippen LogP contribution in [0.2, 0.25) is 0 Å². The quantitative estimate of drug-likeness (QED) is 0.164. The summed E-state index contributed by atoms with van der Waals surface area (Å²) in [7, 11) is 0. The molecule has 0 atom stereocenters. The lowest BCUT2D eigenvalue weighted by Gasteiger charge is -2.37. The molecule has 0 spiro atoms. The van der Waals surface area contributed by atoms with E-state index in [4.69, 9.17) is 0 Å². The van der Waals surface area contributed by atoms with Gasteiger partial charge in [0, 0.05) is 22.3 Å². The number of rotatable bonds is 6. The van der Waals surface area contributed by atoms with Gasteiger partial charge in [-0.3, -0.25) is 0 Å². The second-order valence-corrected chi connectivity index (χ2v) is 15.6. The molecule has 0 N–H and O–H groups in total. The van der Waals surface area contributed by atoms with Gasteiger partial charge in [-0.05, 0) is 120 Å². The summed E-state index contributed by atoms with van der Waals surface area (Å²) >= 11 is 0. The van der Waals surface area contributed by atoms with Crippen molar-refractivity contribution >= 4 is 38.6 Å². The van der Waals surface area contributed by atoms with E-state index in [-0.39, 0.29) is 0 Å². The second-order valence-electron chi connectivity index (χ2n) is 15.6. The molecular weight excluding hydrogens is 699 g/mol. The highest BCUT2D eigenvalue weighted by molar-refractivity contribution is 6.20. The molecule has 0 saturated carbocycles. The molecule has 0 amide bonds. The van der Waals surface area contributed by atoms with E-state index in [9.17, 15) is 0 Å². The molecule has 2 aliphatic rings. The van der Waals surface area contributed by atoms with E-state index in [2.05, 4.69) is 229 Å². The van der Waals surface area contributed by atoms with E-state index in [0.29, 0.717) is 0 Å². The van der Waals surface area contributed by atoms with Crippen LogP contribution in [-0.4, -0.2) is 0 Å². The first-order chi connectivity index (χ1) is 28.8. The summed E-state index contributed by atoms with van der Waals surface area (Å²) in [6.45, 7) is 0. The van der Waals surface area contributed by atoms with E-state index in [1.54, 1.807) is 0 Å². The van der Waals surface area contributed by atoms with E-state index >= 15 is 0 Å². The van der Waals surface area contributed by atoms with Crippen molar-refractivity contribution in [2.75, 3.05) is 4.90 Å². The summed E-state index contributed by atoms with van der Waals surface area (Å²) in [5.41, 5.74) is 18.3. The van der Waals surface area contributed by atoms with Gasteiger partial charge in [0.25, 0.3) is 0 Å². The average molecular weight is 736 g/mol. The van der Waals surface area contributed by atoms with Crippen LogP contribution in [0.15, 0.2) is 224 Å². The first kappa shape index (κ1) is 32.7. The number of benzene rings is 10. The van der Waals surface area contributed by atoms with Gasteiger partial charge in [0.2, 0.25) is 0 Å². The minimum Gasteiger partial charge on any atom is -0.309 e. The predicted molar refractivity (Wildman–Crippen MR) is 243 cm³/mol. The SMILES string of the molecule is c1ccc(-c2ccc(N(c3ccc4c(c3)C(c3ccccc3)(c3ccccc3)c3ccccc3-4)c3c4c(cc5ccccc35)-c3cc5ccccc5cc3-4)cc2)cc1. The lowest BCUT2D eigenvalue weighted by atomic mass is 9.67. The number of fused-ring (bicyclic) bond motifs is 9. The molecule has 10 aromatic carbocycles. The van der Waals surface area contributed by atoms with Gasteiger partial charge in [-0.2, -0.15) is 0 Å². The smallest absolute Gasteiger partial charge is 0.0714 e. The predicted octanol–water partition coefficient (Wildman–Crippen LogP) is 15.1. The zero-order chi connectivity index (χ0) is 38.2. The molecule has 58 heavy (non-hydrogen) atoms. The zero-order valence-electron chi connectivity index (χ0n) is 31.8. The molecular formula is C57H37N. The average Bonchev–Trinajstić information content (AvgIpc) is 3.59. The van der Waals surface area contributed by atoms with Gasteiger partial charge in [0.05, 0.1) is 11.1 Å². The third-order valence-electron chi connectivity index (χ3n) is 12.6. The first-order valence-electron chi connectivity index (χ1n) is 20.2. The lowest BCUT2D eigenvalue weighted by molar-refractivity contribution is 0.768. The van der Waals surface area contributed by atoms with Crippen LogP contribution >= 0.6 is 0 Å². The highest BCUT2D eigenvalue weighted by Gasteiger charge is 2.46. The maximum atomic E-state index is 2.54. The topological polar surface area (TPSA) is 3.24 Å². The summed E-state index contributed by atoms with van der Waals surface area (Å²) in [5, 5.41) is 4.99. The van der Waals surface area contributed by atoms with Gasteiger partial charge in [-0.25, -0.2) is 0 Å². The summed E-state index contributed by atoms with van der Waals surface area (Å²) in [4.78, 5) is 2.54. The van der Waals surface area contributed by atoms with Crippen molar-refractivity contribution in [2.45, 2.75) is 5.41 Å². The molecule has 0 fully saturated rings. The van der Waals surface area contributed by atoms with Crippen LogP contribution in [0, 0.1) is 0 Å². The van der Waals surface area contributed by atoms with Crippen molar-refractivity contribution in [3.05, 3.63) is 247 Å². The summed E-state index contributed by atoms with van der Waals surface area (Å²) in [6.07, 6.45) is 0. The number of nitrogens with zero attached hydrogens (tertiary/aromatic N) is 1. The van der Waals surface area contributed by atoms with Crippen LogP contribution in [0.25, 0.3) is 66.1 Å². The van der Waals surface area contributed by atoms with Crippen LogP contribution < -0.4 is 4.90 Å².